The molecule has 0 aromatic heterocycles. The van der Waals surface area contributed by atoms with E-state index in [1.807, 2.05) is 0 Å². The Balaban J connectivity index is 2.81. The van der Waals surface area contributed by atoms with Crippen molar-refractivity contribution in [2.75, 3.05) is 6.61 Å². The van der Waals surface area contributed by atoms with Crippen molar-refractivity contribution in [2.24, 2.45) is 0 Å². The molecule has 0 fully saturated rings. The third-order valence-corrected chi connectivity index (χ3v) is 1.41. The van der Waals surface area contributed by atoms with Crippen LogP contribution in [0.4, 0.5) is 0 Å². The van der Waals surface area contributed by atoms with Gasteiger partial charge in [0, 0.05) is 11.6 Å². The Morgan fingerprint density at radius 3 is 2.71 bits per heavy atom. The molecule has 14 heavy (non-hydrogen) atoms. The number of rotatable bonds is 4. The number of carboxylic acid groups (broad SMARTS) is 1. The summed E-state index contributed by atoms with van der Waals surface area (Å²) >= 11 is 0. The molecule has 0 spiro atoms. The SMILES string of the molecule is O=Cc1cc(O)cc(OCC(=O)O)c1. The molecular formula is C9H8O5. The van der Waals surface area contributed by atoms with Gasteiger partial charge in [0.1, 0.15) is 17.8 Å². The summed E-state index contributed by atoms with van der Waals surface area (Å²) in [6.45, 7) is -0.512. The molecule has 5 heteroatoms. The van der Waals surface area contributed by atoms with Crippen LogP contribution < -0.4 is 4.74 Å². The predicted octanol–water partition coefficient (Wildman–Crippen LogP) is 0.668. The molecule has 0 radical (unpaired) electrons. The van der Waals surface area contributed by atoms with Crippen LogP contribution >= 0.6 is 0 Å². The first-order chi connectivity index (χ1) is 6.61. The molecule has 0 unspecified atom stereocenters. The van der Waals surface area contributed by atoms with Gasteiger partial charge in [-0.1, -0.05) is 0 Å². The molecule has 0 saturated heterocycles. The summed E-state index contributed by atoms with van der Waals surface area (Å²) in [6, 6.07) is 3.83. The van der Waals surface area contributed by atoms with Crippen LogP contribution in [0.1, 0.15) is 10.4 Å². The van der Waals surface area contributed by atoms with Crippen molar-refractivity contribution in [2.45, 2.75) is 0 Å². The highest BCUT2D eigenvalue weighted by molar-refractivity contribution is 5.76. The number of carboxylic acids is 1. The van der Waals surface area contributed by atoms with Gasteiger partial charge in [-0.2, -0.15) is 0 Å². The van der Waals surface area contributed by atoms with Crippen LogP contribution in [0.2, 0.25) is 0 Å². The molecule has 0 amide bonds. The summed E-state index contributed by atoms with van der Waals surface area (Å²) in [5, 5.41) is 17.4. The Bertz CT molecular complexity index is 358. The number of hydrogen-bond donors (Lipinski definition) is 2. The van der Waals surface area contributed by atoms with E-state index < -0.39 is 12.6 Å². The minimum atomic E-state index is -1.12. The lowest BCUT2D eigenvalue weighted by molar-refractivity contribution is -0.139. The standard InChI is InChI=1S/C9H8O5/c10-4-6-1-7(11)3-8(2-6)14-5-9(12)13/h1-4,11H,5H2,(H,12,13). The monoisotopic (exact) mass is 196 g/mol. The molecule has 0 aliphatic heterocycles. The van der Waals surface area contributed by atoms with E-state index in [0.29, 0.717) is 6.29 Å². The van der Waals surface area contributed by atoms with Crippen LogP contribution in [-0.2, 0) is 4.79 Å². The third kappa shape index (κ3) is 2.78. The maximum absolute atomic E-state index is 10.4. The van der Waals surface area contributed by atoms with E-state index in [0.717, 1.165) is 0 Å². The van der Waals surface area contributed by atoms with Crippen molar-refractivity contribution in [3.8, 4) is 11.5 Å². The zero-order valence-corrected chi connectivity index (χ0v) is 7.14. The second kappa shape index (κ2) is 4.27. The van der Waals surface area contributed by atoms with Crippen LogP contribution in [0, 0.1) is 0 Å². The lowest BCUT2D eigenvalue weighted by Crippen LogP contribution is -2.09. The number of hydrogen-bond acceptors (Lipinski definition) is 4. The maximum Gasteiger partial charge on any atom is 0.341 e. The smallest absolute Gasteiger partial charge is 0.341 e. The number of benzene rings is 1. The fraction of sp³-hybridized carbons (Fsp3) is 0.111. The van der Waals surface area contributed by atoms with Gasteiger partial charge in [0.15, 0.2) is 6.61 Å². The zero-order chi connectivity index (χ0) is 10.6. The first-order valence-corrected chi connectivity index (χ1v) is 3.75. The first kappa shape index (κ1) is 10.0. The fourth-order valence-corrected chi connectivity index (χ4v) is 0.902. The lowest BCUT2D eigenvalue weighted by Gasteiger charge is -2.04. The molecular weight excluding hydrogens is 188 g/mol. The number of phenolic OH excluding ortho intramolecular Hbond substituents is 1. The molecule has 0 bridgehead atoms. The Morgan fingerprint density at radius 1 is 1.43 bits per heavy atom. The highest BCUT2D eigenvalue weighted by atomic mass is 16.5. The summed E-state index contributed by atoms with van der Waals surface area (Å²) in [5.74, 6) is -1.12. The van der Waals surface area contributed by atoms with Crippen molar-refractivity contribution in [3.05, 3.63) is 23.8 Å². The second-order valence-corrected chi connectivity index (χ2v) is 2.56. The largest absolute Gasteiger partial charge is 0.508 e. The number of aromatic hydroxyl groups is 1. The maximum atomic E-state index is 10.4. The molecule has 0 heterocycles. The summed E-state index contributed by atoms with van der Waals surface area (Å²) in [6.07, 6.45) is 0.535. The van der Waals surface area contributed by atoms with Gasteiger partial charge in [-0.3, -0.25) is 4.79 Å². The van der Waals surface area contributed by atoms with Crippen LogP contribution in [-0.4, -0.2) is 29.1 Å². The Kier molecular flexibility index (Phi) is 3.06. The fourth-order valence-electron chi connectivity index (χ4n) is 0.902. The number of carbonyl (C=O) groups is 2. The Labute approximate surface area is 79.6 Å². The van der Waals surface area contributed by atoms with Crippen LogP contribution in [0.5, 0.6) is 11.5 Å². The van der Waals surface area contributed by atoms with E-state index in [1.165, 1.54) is 18.2 Å². The topological polar surface area (TPSA) is 83.8 Å². The van der Waals surface area contributed by atoms with Crippen molar-refractivity contribution in [1.82, 2.24) is 0 Å². The van der Waals surface area contributed by atoms with Crippen molar-refractivity contribution in [3.63, 3.8) is 0 Å². The van der Waals surface area contributed by atoms with Crippen LogP contribution in [0.25, 0.3) is 0 Å². The van der Waals surface area contributed by atoms with Gasteiger partial charge in [-0.05, 0) is 12.1 Å². The number of aldehydes is 1. The molecule has 1 rings (SSSR count). The number of phenols is 1. The highest BCUT2D eigenvalue weighted by Crippen LogP contribution is 2.20. The Morgan fingerprint density at radius 2 is 2.14 bits per heavy atom. The summed E-state index contributed by atoms with van der Waals surface area (Å²) in [4.78, 5) is 20.5. The molecule has 74 valence electrons. The molecule has 0 saturated carbocycles. The molecule has 0 atom stereocenters. The third-order valence-electron chi connectivity index (χ3n) is 1.41. The zero-order valence-electron chi connectivity index (χ0n) is 7.14. The van der Waals surface area contributed by atoms with Crippen molar-refractivity contribution < 1.29 is 24.5 Å². The summed E-state index contributed by atoms with van der Waals surface area (Å²) in [7, 11) is 0. The highest BCUT2D eigenvalue weighted by Gasteiger charge is 2.02. The normalized spacial score (nSPS) is 9.43. The average molecular weight is 196 g/mol. The van der Waals surface area contributed by atoms with Gasteiger partial charge >= 0.3 is 5.97 Å². The Hall–Kier alpha value is -2.04. The van der Waals surface area contributed by atoms with Gasteiger partial charge in [0.05, 0.1) is 0 Å². The van der Waals surface area contributed by atoms with E-state index in [-0.39, 0.29) is 17.1 Å². The molecule has 5 nitrogen and oxygen atoms in total. The van der Waals surface area contributed by atoms with E-state index in [9.17, 15) is 9.59 Å². The lowest BCUT2D eigenvalue weighted by atomic mass is 10.2. The van der Waals surface area contributed by atoms with Gasteiger partial charge in [0.2, 0.25) is 0 Å². The van der Waals surface area contributed by atoms with E-state index in [1.54, 1.807) is 0 Å². The summed E-state index contributed by atoms with van der Waals surface area (Å²) in [5.41, 5.74) is 0.227. The molecule has 0 aliphatic carbocycles. The van der Waals surface area contributed by atoms with Gasteiger partial charge in [-0.25, -0.2) is 4.79 Å². The minimum absolute atomic E-state index is 0.144. The van der Waals surface area contributed by atoms with Gasteiger partial charge in [-0.15, -0.1) is 0 Å². The van der Waals surface area contributed by atoms with E-state index >= 15 is 0 Å². The average Bonchev–Trinajstić information content (AvgIpc) is 2.14. The second-order valence-electron chi connectivity index (χ2n) is 2.56. The number of aliphatic carboxylic acids is 1. The van der Waals surface area contributed by atoms with Gasteiger partial charge < -0.3 is 14.9 Å². The first-order valence-electron chi connectivity index (χ1n) is 3.75. The molecule has 0 aliphatic rings. The molecule has 2 N–H and O–H groups in total. The molecule has 1 aromatic carbocycles. The predicted molar refractivity (Wildman–Crippen MR) is 46.6 cm³/mol. The quantitative estimate of drug-likeness (QED) is 0.691. The molecule has 1 aromatic rings. The van der Waals surface area contributed by atoms with Crippen molar-refractivity contribution in [1.29, 1.82) is 0 Å². The van der Waals surface area contributed by atoms with E-state index in [4.69, 9.17) is 14.9 Å². The van der Waals surface area contributed by atoms with Crippen LogP contribution in [0.3, 0.4) is 0 Å². The number of ether oxygens (including phenoxy) is 1. The minimum Gasteiger partial charge on any atom is -0.508 e. The van der Waals surface area contributed by atoms with Crippen LogP contribution in [0.15, 0.2) is 18.2 Å². The summed E-state index contributed by atoms with van der Waals surface area (Å²) < 4.78 is 4.77. The number of carbonyl (C=O) groups excluding carboxylic acids is 1. The van der Waals surface area contributed by atoms with Crippen molar-refractivity contribution >= 4 is 12.3 Å². The van der Waals surface area contributed by atoms with E-state index in [2.05, 4.69) is 0 Å². The van der Waals surface area contributed by atoms with Gasteiger partial charge in [0.25, 0.3) is 0 Å².